The van der Waals surface area contributed by atoms with Crippen molar-refractivity contribution in [2.24, 2.45) is 0 Å². The highest BCUT2D eigenvalue weighted by Gasteiger charge is 2.18. The average Bonchev–Trinajstić information content (AvgIpc) is 3.12. The molecule has 2 amide bonds. The number of ether oxygens (including phenoxy) is 1. The van der Waals surface area contributed by atoms with Crippen LogP contribution >= 0.6 is 23.1 Å². The largest absolute Gasteiger partial charge is 0.494 e. The predicted molar refractivity (Wildman–Crippen MR) is 123 cm³/mol. The van der Waals surface area contributed by atoms with E-state index in [9.17, 15) is 9.59 Å². The number of carbonyl (C=O) groups excluding carboxylic acids is 2. The fourth-order valence-electron chi connectivity index (χ4n) is 2.61. The van der Waals surface area contributed by atoms with Crippen molar-refractivity contribution < 1.29 is 14.3 Å². The summed E-state index contributed by atoms with van der Waals surface area (Å²) in [7, 11) is 3.39. The predicted octanol–water partition coefficient (Wildman–Crippen LogP) is 5.54. The number of nitrogens with one attached hydrogen (secondary N) is 1. The van der Waals surface area contributed by atoms with Gasteiger partial charge in [0.2, 0.25) is 0 Å². The van der Waals surface area contributed by atoms with Gasteiger partial charge in [0.25, 0.3) is 11.1 Å². The minimum Gasteiger partial charge on any atom is -0.494 e. The third-order valence-corrected chi connectivity index (χ3v) is 6.43. The zero-order chi connectivity index (χ0) is 21.7. The number of benzene rings is 2. The van der Waals surface area contributed by atoms with Gasteiger partial charge in [0.05, 0.1) is 18.0 Å². The van der Waals surface area contributed by atoms with Crippen LogP contribution in [0.5, 0.6) is 5.75 Å². The van der Waals surface area contributed by atoms with Gasteiger partial charge in [0.15, 0.2) is 0 Å². The molecule has 1 N–H and O–H groups in total. The molecule has 0 radical (unpaired) electrons. The van der Waals surface area contributed by atoms with E-state index in [2.05, 4.69) is 10.3 Å². The Hall–Kier alpha value is -2.84. The second-order valence-electron chi connectivity index (χ2n) is 6.60. The van der Waals surface area contributed by atoms with E-state index in [-0.39, 0.29) is 11.1 Å². The number of anilines is 1. The van der Waals surface area contributed by atoms with Gasteiger partial charge in [-0.1, -0.05) is 12.1 Å². The molecule has 3 aromatic rings. The minimum absolute atomic E-state index is 0.108. The van der Waals surface area contributed by atoms with Crippen LogP contribution in [0.25, 0.3) is 10.6 Å². The first kappa shape index (κ1) is 21.9. The quantitative estimate of drug-likeness (QED) is 0.508. The number of carbonyl (C=O) groups is 2. The van der Waals surface area contributed by atoms with Crippen LogP contribution in [-0.4, -0.2) is 41.7 Å². The molecule has 0 fully saturated rings. The number of thioether (sulfide) groups is 1. The molecule has 1 heterocycles. The molecule has 156 valence electrons. The summed E-state index contributed by atoms with van der Waals surface area (Å²) in [5.41, 5.74) is 2.19. The molecule has 1 aromatic heterocycles. The minimum atomic E-state index is -0.243. The van der Waals surface area contributed by atoms with E-state index < -0.39 is 0 Å². The average molecular weight is 442 g/mol. The number of hydrogen-bond donors (Lipinski definition) is 1. The Morgan fingerprint density at radius 2 is 1.83 bits per heavy atom. The topological polar surface area (TPSA) is 71.5 Å². The molecular formula is C22H23N3O3S2. The maximum Gasteiger partial charge on any atom is 0.286 e. The molecule has 6 nitrogen and oxygen atoms in total. The number of aryl methyl sites for hydroxylation is 1. The fraction of sp³-hybridized carbons (Fsp3) is 0.227. The first-order valence-corrected chi connectivity index (χ1v) is 11.0. The number of para-hydroxylation sites is 1. The molecule has 0 bridgehead atoms. The Kier molecular flexibility index (Phi) is 7.12. The van der Waals surface area contributed by atoms with Gasteiger partial charge in [0, 0.05) is 24.6 Å². The van der Waals surface area contributed by atoms with Gasteiger partial charge in [-0.25, -0.2) is 4.98 Å². The van der Waals surface area contributed by atoms with Crippen LogP contribution in [0, 0.1) is 6.92 Å². The van der Waals surface area contributed by atoms with E-state index in [1.165, 1.54) is 16.2 Å². The number of rotatable bonds is 6. The third-order valence-electron chi connectivity index (χ3n) is 4.11. The van der Waals surface area contributed by atoms with Crippen molar-refractivity contribution in [1.29, 1.82) is 0 Å². The number of hydrogen-bond acceptors (Lipinski definition) is 6. The molecule has 3 rings (SSSR count). The third kappa shape index (κ3) is 5.20. The van der Waals surface area contributed by atoms with Crippen LogP contribution in [0.4, 0.5) is 10.5 Å². The van der Waals surface area contributed by atoms with Crippen LogP contribution in [0.2, 0.25) is 0 Å². The molecule has 30 heavy (non-hydrogen) atoms. The zero-order valence-corrected chi connectivity index (χ0v) is 18.9. The van der Waals surface area contributed by atoms with Crippen molar-refractivity contribution in [3.63, 3.8) is 0 Å². The Labute approximate surface area is 184 Å². The van der Waals surface area contributed by atoms with Crippen molar-refractivity contribution in [3.05, 3.63) is 59.1 Å². The van der Waals surface area contributed by atoms with E-state index >= 15 is 0 Å². The summed E-state index contributed by atoms with van der Waals surface area (Å²) in [5, 5.41) is 3.58. The van der Waals surface area contributed by atoms with Gasteiger partial charge in [0.1, 0.15) is 15.6 Å². The maximum absolute atomic E-state index is 12.9. The van der Waals surface area contributed by atoms with Gasteiger partial charge >= 0.3 is 0 Å². The molecule has 0 saturated heterocycles. The Bertz CT molecular complexity index is 1050. The van der Waals surface area contributed by atoms with Crippen molar-refractivity contribution in [2.45, 2.75) is 18.7 Å². The number of thiazole rings is 1. The summed E-state index contributed by atoms with van der Waals surface area (Å²) >= 11 is 2.41. The van der Waals surface area contributed by atoms with E-state index in [0.717, 1.165) is 28.1 Å². The first-order chi connectivity index (χ1) is 14.4. The van der Waals surface area contributed by atoms with Crippen LogP contribution in [0.15, 0.2) is 53.4 Å². The molecule has 0 saturated carbocycles. The maximum atomic E-state index is 12.9. The van der Waals surface area contributed by atoms with Gasteiger partial charge in [-0.2, -0.15) is 0 Å². The molecule has 0 atom stereocenters. The molecule has 0 aliphatic carbocycles. The van der Waals surface area contributed by atoms with Crippen LogP contribution in [0.3, 0.4) is 0 Å². The van der Waals surface area contributed by atoms with E-state index in [4.69, 9.17) is 4.74 Å². The summed E-state index contributed by atoms with van der Waals surface area (Å²) < 4.78 is 5.47. The smallest absolute Gasteiger partial charge is 0.286 e. The number of nitrogens with zero attached hydrogens (tertiary/aromatic N) is 2. The van der Waals surface area contributed by atoms with Crippen molar-refractivity contribution in [3.8, 4) is 16.3 Å². The van der Waals surface area contributed by atoms with Crippen molar-refractivity contribution in [2.75, 3.05) is 26.0 Å². The van der Waals surface area contributed by atoms with Crippen molar-refractivity contribution in [1.82, 2.24) is 9.88 Å². The lowest BCUT2D eigenvalue weighted by Crippen LogP contribution is -2.17. The van der Waals surface area contributed by atoms with Gasteiger partial charge in [-0.05, 0) is 62.0 Å². The molecule has 0 unspecified atom stereocenters. The highest BCUT2D eigenvalue weighted by molar-refractivity contribution is 8.13. The van der Waals surface area contributed by atoms with E-state index in [0.29, 0.717) is 27.8 Å². The lowest BCUT2D eigenvalue weighted by atomic mass is 10.2. The molecule has 0 aliphatic heterocycles. The Morgan fingerprint density at radius 1 is 1.13 bits per heavy atom. The van der Waals surface area contributed by atoms with Crippen LogP contribution in [-0.2, 0) is 0 Å². The lowest BCUT2D eigenvalue weighted by molar-refractivity contribution is 0.102. The second kappa shape index (κ2) is 9.77. The SMILES string of the molecule is CCOc1ccc(-c2nc(C)c(C(=O)Nc3ccccc3SC(=O)N(C)C)s2)cc1. The fourth-order valence-corrected chi connectivity index (χ4v) is 4.33. The Balaban J connectivity index is 1.79. The first-order valence-electron chi connectivity index (χ1n) is 9.39. The summed E-state index contributed by atoms with van der Waals surface area (Å²) in [4.78, 5) is 32.3. The van der Waals surface area contributed by atoms with Crippen LogP contribution < -0.4 is 10.1 Å². The Morgan fingerprint density at radius 3 is 2.50 bits per heavy atom. The monoisotopic (exact) mass is 441 g/mol. The summed E-state index contributed by atoms with van der Waals surface area (Å²) in [6.45, 7) is 4.37. The normalized spacial score (nSPS) is 10.5. The highest BCUT2D eigenvalue weighted by Crippen LogP contribution is 2.32. The molecule has 2 aromatic carbocycles. The van der Waals surface area contributed by atoms with Crippen molar-refractivity contribution >= 4 is 39.9 Å². The highest BCUT2D eigenvalue weighted by atomic mass is 32.2. The van der Waals surface area contributed by atoms with Gasteiger partial charge in [-0.15, -0.1) is 11.3 Å². The molecule has 8 heteroatoms. The zero-order valence-electron chi connectivity index (χ0n) is 17.3. The number of amides is 2. The van der Waals surface area contributed by atoms with E-state index in [1.54, 1.807) is 20.2 Å². The standard InChI is InChI=1S/C22H23N3O3S2/c1-5-28-16-12-10-15(11-13-16)21-23-14(2)19(30-21)20(26)24-17-8-6-7-9-18(17)29-22(27)25(3)4/h6-13H,5H2,1-4H3,(H,24,26). The van der Waals surface area contributed by atoms with Gasteiger partial charge in [-0.3, -0.25) is 9.59 Å². The van der Waals surface area contributed by atoms with E-state index in [1.807, 2.05) is 56.3 Å². The summed E-state index contributed by atoms with van der Waals surface area (Å²) in [5.74, 6) is 0.557. The summed E-state index contributed by atoms with van der Waals surface area (Å²) in [6, 6.07) is 14.9. The molecule has 0 aliphatic rings. The number of aromatic nitrogens is 1. The summed E-state index contributed by atoms with van der Waals surface area (Å²) in [6.07, 6.45) is 0. The van der Waals surface area contributed by atoms with Crippen LogP contribution in [0.1, 0.15) is 22.3 Å². The lowest BCUT2D eigenvalue weighted by Gasteiger charge is -2.12. The molecule has 0 spiro atoms. The second-order valence-corrected chi connectivity index (χ2v) is 8.60. The molecular weight excluding hydrogens is 418 g/mol. The van der Waals surface area contributed by atoms with Gasteiger partial charge < -0.3 is 15.0 Å².